The molecule has 92 valence electrons. The number of nitrogens with zero attached hydrogens (tertiary/aromatic N) is 2. The Morgan fingerprint density at radius 1 is 0.944 bits per heavy atom. The van der Waals surface area contributed by atoms with E-state index in [1.807, 2.05) is 42.5 Å². The topological polar surface area (TPSA) is 44.2 Å². The zero-order chi connectivity index (χ0) is 12.8. The van der Waals surface area contributed by atoms with Crippen molar-refractivity contribution in [2.75, 3.05) is 14.2 Å². The molecule has 0 bridgehead atoms. The Labute approximate surface area is 106 Å². The molecule has 0 aliphatic heterocycles. The zero-order valence-electron chi connectivity index (χ0n) is 10.3. The molecule has 4 heteroatoms. The second-order valence-corrected chi connectivity index (χ2v) is 3.57. The third-order valence-corrected chi connectivity index (χ3v) is 2.34. The van der Waals surface area contributed by atoms with Crippen molar-refractivity contribution in [3.05, 3.63) is 47.7 Å². The lowest BCUT2D eigenvalue weighted by molar-refractivity contribution is 0.351. The summed E-state index contributed by atoms with van der Waals surface area (Å²) in [7, 11) is 3.09. The fourth-order valence-corrected chi connectivity index (χ4v) is 1.45. The van der Waals surface area contributed by atoms with Gasteiger partial charge in [0.2, 0.25) is 5.88 Å². The molecule has 1 heterocycles. The van der Waals surface area contributed by atoms with E-state index < -0.39 is 0 Å². The average molecular weight is 242 g/mol. The van der Waals surface area contributed by atoms with Crippen LogP contribution in [0.15, 0.2) is 36.4 Å². The largest absolute Gasteiger partial charge is 0.481 e. The molecule has 4 nitrogen and oxygen atoms in total. The van der Waals surface area contributed by atoms with Crippen LogP contribution >= 0.6 is 0 Å². The maximum Gasteiger partial charge on any atom is 0.319 e. The standard InChI is InChI=1S/C14H14N2O2/c1-17-13-10-12(15-14(16-13)18-2)9-8-11-6-4-3-5-7-11/h3-10H,1-2H3. The molecule has 0 spiro atoms. The Balaban J connectivity index is 2.25. The highest BCUT2D eigenvalue weighted by molar-refractivity contribution is 5.68. The fourth-order valence-electron chi connectivity index (χ4n) is 1.45. The van der Waals surface area contributed by atoms with E-state index in [0.29, 0.717) is 11.9 Å². The van der Waals surface area contributed by atoms with Crippen LogP contribution in [0, 0.1) is 0 Å². The first-order chi connectivity index (χ1) is 8.81. The van der Waals surface area contributed by atoms with E-state index in [9.17, 15) is 0 Å². The Bertz CT molecular complexity index is 516. The molecule has 0 unspecified atom stereocenters. The Morgan fingerprint density at radius 3 is 2.39 bits per heavy atom. The molecule has 18 heavy (non-hydrogen) atoms. The van der Waals surface area contributed by atoms with Crippen LogP contribution < -0.4 is 9.47 Å². The van der Waals surface area contributed by atoms with Gasteiger partial charge in [0.15, 0.2) is 0 Å². The molecular weight excluding hydrogens is 228 g/mol. The quantitative estimate of drug-likeness (QED) is 0.826. The highest BCUT2D eigenvalue weighted by Crippen LogP contribution is 2.15. The van der Waals surface area contributed by atoms with Gasteiger partial charge in [0.05, 0.1) is 19.9 Å². The SMILES string of the molecule is COc1cc(C=Cc2ccccc2)nc(OC)n1. The van der Waals surface area contributed by atoms with Gasteiger partial charge in [0, 0.05) is 6.07 Å². The van der Waals surface area contributed by atoms with Crippen LogP contribution in [0.1, 0.15) is 11.3 Å². The van der Waals surface area contributed by atoms with Crippen molar-refractivity contribution < 1.29 is 9.47 Å². The molecule has 2 aromatic rings. The average Bonchev–Trinajstić information content (AvgIpc) is 2.45. The molecule has 2 rings (SSSR count). The first kappa shape index (κ1) is 12.1. The lowest BCUT2D eigenvalue weighted by Crippen LogP contribution is -1.96. The highest BCUT2D eigenvalue weighted by atomic mass is 16.5. The lowest BCUT2D eigenvalue weighted by atomic mass is 10.2. The van der Waals surface area contributed by atoms with E-state index in [1.165, 1.54) is 7.11 Å². The summed E-state index contributed by atoms with van der Waals surface area (Å²) >= 11 is 0. The third kappa shape index (κ3) is 3.07. The van der Waals surface area contributed by atoms with Gasteiger partial charge in [-0.2, -0.15) is 9.97 Å². The van der Waals surface area contributed by atoms with E-state index >= 15 is 0 Å². The van der Waals surface area contributed by atoms with Gasteiger partial charge in [-0.05, 0) is 11.6 Å². The van der Waals surface area contributed by atoms with E-state index in [-0.39, 0.29) is 0 Å². The molecule has 0 amide bonds. The van der Waals surface area contributed by atoms with Crippen molar-refractivity contribution in [3.63, 3.8) is 0 Å². The third-order valence-electron chi connectivity index (χ3n) is 2.34. The minimum Gasteiger partial charge on any atom is -0.481 e. The zero-order valence-corrected chi connectivity index (χ0v) is 10.3. The van der Waals surface area contributed by atoms with Crippen LogP contribution in [0.4, 0.5) is 0 Å². The van der Waals surface area contributed by atoms with Crippen molar-refractivity contribution in [3.8, 4) is 11.9 Å². The number of methoxy groups -OCH3 is 2. The summed E-state index contributed by atoms with van der Waals surface area (Å²) in [4.78, 5) is 8.25. The Hall–Kier alpha value is -2.36. The second kappa shape index (κ2) is 5.82. The summed E-state index contributed by atoms with van der Waals surface area (Å²) in [5, 5.41) is 0. The fraction of sp³-hybridized carbons (Fsp3) is 0.143. The predicted octanol–water partition coefficient (Wildman–Crippen LogP) is 2.66. The summed E-state index contributed by atoms with van der Waals surface area (Å²) in [5.74, 6) is 0.481. The van der Waals surface area contributed by atoms with Crippen LogP contribution in [0.3, 0.4) is 0 Å². The van der Waals surface area contributed by atoms with Crippen molar-refractivity contribution in [1.82, 2.24) is 9.97 Å². The van der Waals surface area contributed by atoms with Crippen LogP contribution in [0.2, 0.25) is 0 Å². The molecular formula is C14H14N2O2. The number of hydrogen-bond donors (Lipinski definition) is 0. The predicted molar refractivity (Wildman–Crippen MR) is 70.5 cm³/mol. The molecule has 0 aliphatic carbocycles. The first-order valence-corrected chi connectivity index (χ1v) is 5.52. The van der Waals surface area contributed by atoms with Crippen molar-refractivity contribution in [2.24, 2.45) is 0 Å². The smallest absolute Gasteiger partial charge is 0.319 e. The molecule has 0 fully saturated rings. The van der Waals surface area contributed by atoms with Gasteiger partial charge in [0.25, 0.3) is 0 Å². The Morgan fingerprint density at radius 2 is 1.72 bits per heavy atom. The van der Waals surface area contributed by atoms with E-state index in [1.54, 1.807) is 13.2 Å². The summed E-state index contributed by atoms with van der Waals surface area (Å²) < 4.78 is 10.1. The van der Waals surface area contributed by atoms with E-state index in [0.717, 1.165) is 11.3 Å². The van der Waals surface area contributed by atoms with E-state index in [2.05, 4.69) is 9.97 Å². The van der Waals surface area contributed by atoms with Crippen molar-refractivity contribution >= 4 is 12.2 Å². The van der Waals surface area contributed by atoms with Gasteiger partial charge >= 0.3 is 6.01 Å². The Kier molecular flexibility index (Phi) is 3.91. The normalized spacial score (nSPS) is 10.6. The van der Waals surface area contributed by atoms with Crippen LogP contribution in [0.5, 0.6) is 11.9 Å². The van der Waals surface area contributed by atoms with Crippen LogP contribution in [-0.4, -0.2) is 24.2 Å². The summed E-state index contributed by atoms with van der Waals surface area (Å²) in [6.45, 7) is 0. The van der Waals surface area contributed by atoms with Crippen molar-refractivity contribution in [1.29, 1.82) is 0 Å². The van der Waals surface area contributed by atoms with Gasteiger partial charge in [-0.1, -0.05) is 36.4 Å². The van der Waals surface area contributed by atoms with Crippen LogP contribution in [-0.2, 0) is 0 Å². The molecule has 0 N–H and O–H groups in total. The number of ether oxygens (including phenoxy) is 2. The number of hydrogen-bond acceptors (Lipinski definition) is 4. The highest BCUT2D eigenvalue weighted by Gasteiger charge is 2.02. The minimum absolute atomic E-state index is 0.294. The molecule has 0 radical (unpaired) electrons. The molecule has 1 aromatic carbocycles. The van der Waals surface area contributed by atoms with Gasteiger partial charge in [0.1, 0.15) is 0 Å². The molecule has 0 saturated heterocycles. The summed E-state index contributed by atoms with van der Waals surface area (Å²) in [6.07, 6.45) is 3.86. The maximum atomic E-state index is 5.08. The molecule has 1 aromatic heterocycles. The number of aromatic nitrogens is 2. The number of benzene rings is 1. The van der Waals surface area contributed by atoms with Gasteiger partial charge < -0.3 is 9.47 Å². The van der Waals surface area contributed by atoms with Gasteiger partial charge in [-0.25, -0.2) is 0 Å². The summed E-state index contributed by atoms with van der Waals surface area (Å²) in [6, 6.07) is 12.0. The molecule has 0 saturated carbocycles. The van der Waals surface area contributed by atoms with E-state index in [4.69, 9.17) is 9.47 Å². The minimum atomic E-state index is 0.294. The lowest BCUT2D eigenvalue weighted by Gasteiger charge is -2.03. The first-order valence-electron chi connectivity index (χ1n) is 5.52. The second-order valence-electron chi connectivity index (χ2n) is 3.57. The molecule has 0 aliphatic rings. The van der Waals surface area contributed by atoms with Crippen LogP contribution in [0.25, 0.3) is 12.2 Å². The van der Waals surface area contributed by atoms with Gasteiger partial charge in [-0.15, -0.1) is 0 Å². The summed E-state index contributed by atoms with van der Waals surface area (Å²) in [5.41, 5.74) is 1.84. The monoisotopic (exact) mass is 242 g/mol. The van der Waals surface area contributed by atoms with Crippen molar-refractivity contribution in [2.45, 2.75) is 0 Å². The molecule has 0 atom stereocenters. The maximum absolute atomic E-state index is 5.08. The number of rotatable bonds is 4. The van der Waals surface area contributed by atoms with Gasteiger partial charge in [-0.3, -0.25) is 0 Å².